The van der Waals surface area contributed by atoms with Gasteiger partial charge in [-0.3, -0.25) is 0 Å². The van der Waals surface area contributed by atoms with Gasteiger partial charge in [0.15, 0.2) is 5.76 Å². The summed E-state index contributed by atoms with van der Waals surface area (Å²) >= 11 is 0. The minimum Gasteiger partial charge on any atom is -0.378 e. The van der Waals surface area contributed by atoms with Crippen LogP contribution in [0.2, 0.25) is 0 Å². The number of nitrogens with one attached hydrogen (secondary N) is 1. The molecule has 0 fully saturated rings. The minimum atomic E-state index is 0.363. The first kappa shape index (κ1) is 17.0. The molecule has 3 aromatic rings. The fourth-order valence-electron chi connectivity index (χ4n) is 2.89. The lowest BCUT2D eigenvalue weighted by Crippen LogP contribution is -2.12. The molecule has 0 spiro atoms. The average Bonchev–Trinajstić information content (AvgIpc) is 3.09. The van der Waals surface area contributed by atoms with Gasteiger partial charge in [-0.2, -0.15) is 0 Å². The van der Waals surface area contributed by atoms with Crippen molar-refractivity contribution in [3.05, 3.63) is 83.8 Å². The maximum absolute atomic E-state index is 5.40. The molecule has 0 saturated carbocycles. The third-order valence-electron chi connectivity index (χ3n) is 4.30. The van der Waals surface area contributed by atoms with Crippen LogP contribution in [0.5, 0.6) is 0 Å². The van der Waals surface area contributed by atoms with Crippen molar-refractivity contribution in [2.45, 2.75) is 33.2 Å². The van der Waals surface area contributed by atoms with Crippen LogP contribution in [0.25, 0.3) is 16.8 Å². The Morgan fingerprint density at radius 3 is 2.56 bits per heavy atom. The third kappa shape index (κ3) is 3.82. The lowest BCUT2D eigenvalue weighted by molar-refractivity contribution is 0.371. The Bertz CT molecular complexity index is 863. The number of hydrogen-bond donors (Lipinski definition) is 1. The first-order chi connectivity index (χ1) is 12.1. The van der Waals surface area contributed by atoms with Crippen LogP contribution < -0.4 is 5.32 Å². The van der Waals surface area contributed by atoms with Gasteiger partial charge in [0, 0.05) is 17.3 Å². The molecule has 3 nitrogen and oxygen atoms in total. The number of nitrogens with zero attached hydrogens (tertiary/aromatic N) is 1. The molecule has 0 saturated heterocycles. The van der Waals surface area contributed by atoms with Crippen molar-refractivity contribution >= 4 is 5.70 Å². The summed E-state index contributed by atoms with van der Waals surface area (Å²) in [5.74, 6) is 1.18. The van der Waals surface area contributed by atoms with Crippen molar-refractivity contribution in [3.63, 3.8) is 0 Å². The van der Waals surface area contributed by atoms with Crippen molar-refractivity contribution in [1.29, 1.82) is 0 Å². The van der Waals surface area contributed by atoms with Crippen molar-refractivity contribution in [1.82, 2.24) is 10.5 Å². The van der Waals surface area contributed by atoms with E-state index in [2.05, 4.69) is 80.3 Å². The summed E-state index contributed by atoms with van der Waals surface area (Å²) in [6, 6.07) is 18.7. The van der Waals surface area contributed by atoms with Crippen molar-refractivity contribution in [2.24, 2.45) is 0 Å². The van der Waals surface area contributed by atoms with Crippen molar-refractivity contribution in [2.75, 3.05) is 0 Å². The van der Waals surface area contributed by atoms with Crippen molar-refractivity contribution in [3.8, 4) is 11.1 Å². The first-order valence-corrected chi connectivity index (χ1v) is 8.60. The molecule has 1 aromatic heterocycles. The predicted octanol–water partition coefficient (Wildman–Crippen LogP) is 5.53. The van der Waals surface area contributed by atoms with E-state index in [0.717, 1.165) is 22.7 Å². The van der Waals surface area contributed by atoms with Gasteiger partial charge in [-0.15, -0.1) is 0 Å². The second-order valence-corrected chi connectivity index (χ2v) is 6.57. The fourth-order valence-corrected chi connectivity index (χ4v) is 2.89. The SMILES string of the molecule is C=C(NCc1cc(C(C)C)no1)c1c(C)cccc1-c1ccccc1. The van der Waals surface area contributed by atoms with E-state index in [-0.39, 0.29) is 0 Å². The lowest BCUT2D eigenvalue weighted by atomic mass is 9.94. The molecule has 0 radical (unpaired) electrons. The van der Waals surface area contributed by atoms with Crippen LogP contribution >= 0.6 is 0 Å². The number of aryl methyl sites for hydroxylation is 1. The highest BCUT2D eigenvalue weighted by molar-refractivity contribution is 5.81. The molecule has 2 aromatic carbocycles. The van der Waals surface area contributed by atoms with E-state index in [4.69, 9.17) is 4.52 Å². The predicted molar refractivity (Wildman–Crippen MR) is 103 cm³/mol. The highest BCUT2D eigenvalue weighted by Gasteiger charge is 2.12. The molecule has 1 N–H and O–H groups in total. The summed E-state index contributed by atoms with van der Waals surface area (Å²) in [7, 11) is 0. The number of benzene rings is 2. The van der Waals surface area contributed by atoms with Crippen LogP contribution in [0.15, 0.2) is 65.7 Å². The minimum absolute atomic E-state index is 0.363. The summed E-state index contributed by atoms with van der Waals surface area (Å²) in [6.07, 6.45) is 0. The molecule has 0 unspecified atom stereocenters. The number of aromatic nitrogens is 1. The molecule has 3 heteroatoms. The summed E-state index contributed by atoms with van der Waals surface area (Å²) in [5, 5.41) is 7.49. The second-order valence-electron chi connectivity index (χ2n) is 6.57. The molecule has 0 aliphatic rings. The normalized spacial score (nSPS) is 10.9. The summed E-state index contributed by atoms with van der Waals surface area (Å²) in [4.78, 5) is 0. The molecule has 0 aliphatic heterocycles. The Balaban J connectivity index is 1.82. The highest BCUT2D eigenvalue weighted by Crippen LogP contribution is 2.30. The Morgan fingerprint density at radius 2 is 1.88 bits per heavy atom. The Morgan fingerprint density at radius 1 is 1.12 bits per heavy atom. The Labute approximate surface area is 149 Å². The monoisotopic (exact) mass is 332 g/mol. The van der Waals surface area contributed by atoms with Gasteiger partial charge in [0.25, 0.3) is 0 Å². The molecular formula is C22H24N2O. The van der Waals surface area contributed by atoms with Crippen LogP contribution in [0.1, 0.15) is 42.3 Å². The Hall–Kier alpha value is -2.81. The first-order valence-electron chi connectivity index (χ1n) is 8.60. The molecular weight excluding hydrogens is 308 g/mol. The van der Waals surface area contributed by atoms with Gasteiger partial charge in [0.2, 0.25) is 0 Å². The van der Waals surface area contributed by atoms with E-state index < -0.39 is 0 Å². The van der Waals surface area contributed by atoms with E-state index in [9.17, 15) is 0 Å². The van der Waals surface area contributed by atoms with Gasteiger partial charge in [0.1, 0.15) is 0 Å². The molecule has 0 atom stereocenters. The highest BCUT2D eigenvalue weighted by atomic mass is 16.5. The number of hydrogen-bond acceptors (Lipinski definition) is 3. The lowest BCUT2D eigenvalue weighted by Gasteiger charge is -2.16. The molecule has 0 bridgehead atoms. The zero-order valence-corrected chi connectivity index (χ0v) is 15.0. The van der Waals surface area contributed by atoms with Crippen LogP contribution in [-0.4, -0.2) is 5.16 Å². The van der Waals surface area contributed by atoms with E-state index >= 15 is 0 Å². The summed E-state index contributed by atoms with van der Waals surface area (Å²) in [6.45, 7) is 11.1. The maximum atomic E-state index is 5.40. The topological polar surface area (TPSA) is 38.1 Å². The van der Waals surface area contributed by atoms with Gasteiger partial charge in [-0.1, -0.05) is 74.1 Å². The molecule has 3 rings (SSSR count). The largest absolute Gasteiger partial charge is 0.378 e. The van der Waals surface area contributed by atoms with Gasteiger partial charge < -0.3 is 9.84 Å². The van der Waals surface area contributed by atoms with E-state index in [1.165, 1.54) is 16.7 Å². The molecule has 0 amide bonds. The van der Waals surface area contributed by atoms with Crippen molar-refractivity contribution < 1.29 is 4.52 Å². The number of rotatable bonds is 6. The van der Waals surface area contributed by atoms with Gasteiger partial charge in [-0.05, 0) is 29.5 Å². The standard InChI is InChI=1S/C22H24N2O/c1-15(2)21-13-19(25-24-21)14-23-17(4)22-16(3)9-8-12-20(22)18-10-6-5-7-11-18/h5-13,15,23H,4,14H2,1-3H3. The average molecular weight is 332 g/mol. The summed E-state index contributed by atoms with van der Waals surface area (Å²) in [5.41, 5.74) is 6.56. The quantitative estimate of drug-likeness (QED) is 0.644. The molecule has 128 valence electrons. The fraction of sp³-hybridized carbons (Fsp3) is 0.227. The second kappa shape index (κ2) is 7.39. The molecule has 1 heterocycles. The molecule has 0 aliphatic carbocycles. The van der Waals surface area contributed by atoms with Gasteiger partial charge >= 0.3 is 0 Å². The maximum Gasteiger partial charge on any atom is 0.156 e. The van der Waals surface area contributed by atoms with E-state index in [0.29, 0.717) is 12.5 Å². The summed E-state index contributed by atoms with van der Waals surface area (Å²) < 4.78 is 5.40. The van der Waals surface area contributed by atoms with Crippen LogP contribution in [0.3, 0.4) is 0 Å². The molecule has 25 heavy (non-hydrogen) atoms. The van der Waals surface area contributed by atoms with Crippen LogP contribution in [0.4, 0.5) is 0 Å². The van der Waals surface area contributed by atoms with E-state index in [1.54, 1.807) is 0 Å². The third-order valence-corrected chi connectivity index (χ3v) is 4.30. The van der Waals surface area contributed by atoms with Gasteiger partial charge in [0.05, 0.1) is 12.2 Å². The van der Waals surface area contributed by atoms with E-state index in [1.807, 2.05) is 12.1 Å². The Kier molecular flexibility index (Phi) is 5.03. The van der Waals surface area contributed by atoms with Gasteiger partial charge in [-0.25, -0.2) is 0 Å². The van der Waals surface area contributed by atoms with Crippen LogP contribution in [-0.2, 0) is 6.54 Å². The smallest absolute Gasteiger partial charge is 0.156 e. The zero-order valence-electron chi connectivity index (χ0n) is 15.0. The van der Waals surface area contributed by atoms with Crippen LogP contribution in [0, 0.1) is 6.92 Å². The zero-order chi connectivity index (χ0) is 17.8.